The van der Waals surface area contributed by atoms with Gasteiger partial charge in [-0.05, 0) is 85.3 Å². The molecule has 210 valence electrons. The number of nitrogens with one attached hydrogen (secondary N) is 1. The maximum Gasteiger partial charge on any atom is 0.416 e. The van der Waals surface area contributed by atoms with Crippen molar-refractivity contribution in [2.24, 2.45) is 5.92 Å². The quantitative estimate of drug-likeness (QED) is 0.276. The van der Waals surface area contributed by atoms with Crippen LogP contribution in [0.15, 0.2) is 48.5 Å². The first-order valence-electron chi connectivity index (χ1n) is 12.5. The first kappa shape index (κ1) is 30.2. The Hall–Kier alpha value is -3.37. The van der Waals surface area contributed by atoms with Gasteiger partial charge in [-0.3, -0.25) is 4.79 Å². The third kappa shape index (κ3) is 7.60. The van der Waals surface area contributed by atoms with Crippen LogP contribution in [-0.2, 0) is 15.7 Å². The monoisotopic (exact) mass is 563 g/mol. The van der Waals surface area contributed by atoms with Crippen molar-refractivity contribution >= 4 is 23.2 Å². The highest BCUT2D eigenvalue weighted by atomic mass is 32.1. The summed E-state index contributed by atoms with van der Waals surface area (Å²) in [6.07, 6.45) is -6.20. The third-order valence-corrected chi connectivity index (χ3v) is 7.17. The van der Waals surface area contributed by atoms with Gasteiger partial charge in [0.15, 0.2) is 6.10 Å². The second kappa shape index (κ2) is 12.7. The Kier molecular flexibility index (Phi) is 9.79. The SMILES string of the molecule is CCOC(=O)[C@H](O)CNC(=O)c1ccc(C(Oc2cc(C)c(-c3ccc(C(F)(F)F)cc3)c(C)c2)C(C)C)s1. The lowest BCUT2D eigenvalue weighted by molar-refractivity contribution is -0.152. The van der Waals surface area contributed by atoms with E-state index >= 15 is 0 Å². The van der Waals surface area contributed by atoms with Gasteiger partial charge in [0.05, 0.1) is 23.6 Å². The number of aliphatic hydroxyl groups is 1. The highest BCUT2D eigenvalue weighted by Crippen LogP contribution is 2.37. The Bertz CT molecular complexity index is 1280. The van der Waals surface area contributed by atoms with Crippen molar-refractivity contribution < 1.29 is 37.3 Å². The Balaban J connectivity index is 1.75. The number of hydrogen-bond donors (Lipinski definition) is 2. The number of aryl methyl sites for hydroxylation is 2. The number of carbonyl (C=O) groups is 2. The lowest BCUT2D eigenvalue weighted by Crippen LogP contribution is -2.37. The molecule has 3 rings (SSSR count). The minimum Gasteiger partial charge on any atom is -0.485 e. The summed E-state index contributed by atoms with van der Waals surface area (Å²) in [4.78, 5) is 25.3. The molecule has 0 bridgehead atoms. The van der Waals surface area contributed by atoms with Crippen LogP contribution in [0.5, 0.6) is 5.75 Å². The molecule has 1 unspecified atom stereocenters. The van der Waals surface area contributed by atoms with Gasteiger partial charge >= 0.3 is 12.1 Å². The van der Waals surface area contributed by atoms with Crippen molar-refractivity contribution in [1.29, 1.82) is 0 Å². The molecule has 0 saturated carbocycles. The normalized spacial score (nSPS) is 13.2. The molecule has 10 heteroatoms. The fourth-order valence-corrected chi connectivity index (χ4v) is 5.30. The second-order valence-electron chi connectivity index (χ2n) is 9.47. The number of hydrogen-bond acceptors (Lipinski definition) is 6. The molecule has 0 aliphatic rings. The number of rotatable bonds is 10. The summed E-state index contributed by atoms with van der Waals surface area (Å²) in [5.74, 6) is -0.561. The molecule has 0 saturated heterocycles. The smallest absolute Gasteiger partial charge is 0.416 e. The van der Waals surface area contributed by atoms with Crippen LogP contribution in [-0.4, -0.2) is 36.2 Å². The molecule has 2 atom stereocenters. The molecule has 3 aromatic rings. The predicted octanol–water partition coefficient (Wildman–Crippen LogP) is 6.48. The Morgan fingerprint density at radius 2 is 1.64 bits per heavy atom. The molecule has 0 radical (unpaired) electrons. The van der Waals surface area contributed by atoms with E-state index in [1.165, 1.54) is 23.5 Å². The minimum atomic E-state index is -4.39. The van der Waals surface area contributed by atoms with E-state index in [1.807, 2.05) is 45.9 Å². The zero-order chi connectivity index (χ0) is 28.9. The Morgan fingerprint density at radius 1 is 1.03 bits per heavy atom. The zero-order valence-corrected chi connectivity index (χ0v) is 23.2. The summed E-state index contributed by atoms with van der Waals surface area (Å²) in [6, 6.07) is 12.3. The van der Waals surface area contributed by atoms with Crippen LogP contribution in [0.25, 0.3) is 11.1 Å². The van der Waals surface area contributed by atoms with E-state index in [0.29, 0.717) is 16.2 Å². The molecule has 39 heavy (non-hydrogen) atoms. The number of amides is 1. The van der Waals surface area contributed by atoms with E-state index in [1.54, 1.807) is 13.0 Å². The van der Waals surface area contributed by atoms with Crippen LogP contribution in [0.3, 0.4) is 0 Å². The topological polar surface area (TPSA) is 84.9 Å². The van der Waals surface area contributed by atoms with Gasteiger partial charge in [0.25, 0.3) is 5.91 Å². The molecule has 0 aliphatic heterocycles. The minimum absolute atomic E-state index is 0.0559. The van der Waals surface area contributed by atoms with Crippen LogP contribution in [0.4, 0.5) is 13.2 Å². The number of aliphatic hydroxyl groups excluding tert-OH is 1. The van der Waals surface area contributed by atoms with Gasteiger partial charge in [0, 0.05) is 4.88 Å². The first-order chi connectivity index (χ1) is 18.3. The molecule has 0 fully saturated rings. The van der Waals surface area contributed by atoms with Crippen LogP contribution in [0.2, 0.25) is 0 Å². The van der Waals surface area contributed by atoms with Crippen molar-refractivity contribution in [1.82, 2.24) is 5.32 Å². The van der Waals surface area contributed by atoms with E-state index in [4.69, 9.17) is 9.47 Å². The van der Waals surface area contributed by atoms with Crippen LogP contribution in [0.1, 0.15) is 58.1 Å². The molecular weight excluding hydrogens is 531 g/mol. The molecule has 2 N–H and O–H groups in total. The fourth-order valence-electron chi connectivity index (χ4n) is 4.17. The van der Waals surface area contributed by atoms with Crippen molar-refractivity contribution in [3.63, 3.8) is 0 Å². The summed E-state index contributed by atoms with van der Waals surface area (Å²) < 4.78 is 50.0. The molecular formula is C29H32F3NO5S. The van der Waals surface area contributed by atoms with E-state index in [9.17, 15) is 27.9 Å². The standard InChI is InChI=1S/C29H32F3NO5S/c1-6-37-28(36)22(34)15-33-27(35)24-12-11-23(39-24)26(16(2)3)38-21-13-17(4)25(18(5)14-21)19-7-9-20(10-8-19)29(30,31)32/h7-14,16,22,26,34H,6,15H2,1-5H3,(H,33,35)/t22-,26?/m1/s1. The maximum atomic E-state index is 13.0. The number of thiophene rings is 1. The third-order valence-electron chi connectivity index (χ3n) is 6.02. The molecule has 1 aromatic heterocycles. The van der Waals surface area contributed by atoms with Gasteiger partial charge in [0.2, 0.25) is 0 Å². The lowest BCUT2D eigenvalue weighted by Gasteiger charge is -2.23. The number of esters is 1. The van der Waals surface area contributed by atoms with Crippen molar-refractivity contribution in [3.05, 3.63) is 75.0 Å². The number of ether oxygens (including phenoxy) is 2. The number of carbonyl (C=O) groups excluding carboxylic acids is 2. The fraction of sp³-hybridized carbons (Fsp3) is 0.379. The van der Waals surface area contributed by atoms with Crippen molar-refractivity contribution in [2.45, 2.75) is 53.0 Å². The van der Waals surface area contributed by atoms with Gasteiger partial charge in [-0.1, -0.05) is 26.0 Å². The highest BCUT2D eigenvalue weighted by Gasteiger charge is 2.30. The van der Waals surface area contributed by atoms with Gasteiger partial charge < -0.3 is 19.9 Å². The molecule has 1 amide bonds. The Labute approximate surface area is 229 Å². The van der Waals surface area contributed by atoms with Crippen molar-refractivity contribution in [2.75, 3.05) is 13.2 Å². The average molecular weight is 564 g/mol. The largest absolute Gasteiger partial charge is 0.485 e. The van der Waals surface area contributed by atoms with E-state index < -0.39 is 29.7 Å². The number of halogens is 3. The number of benzene rings is 2. The Morgan fingerprint density at radius 3 is 2.18 bits per heavy atom. The van der Waals surface area contributed by atoms with E-state index in [2.05, 4.69) is 5.32 Å². The van der Waals surface area contributed by atoms with Crippen LogP contribution < -0.4 is 10.1 Å². The zero-order valence-electron chi connectivity index (χ0n) is 22.4. The molecule has 0 spiro atoms. The lowest BCUT2D eigenvalue weighted by atomic mass is 9.94. The maximum absolute atomic E-state index is 13.0. The molecule has 0 aliphatic carbocycles. The summed E-state index contributed by atoms with van der Waals surface area (Å²) in [7, 11) is 0. The van der Waals surface area contributed by atoms with E-state index in [0.717, 1.165) is 33.7 Å². The molecule has 2 aromatic carbocycles. The van der Waals surface area contributed by atoms with Crippen LogP contribution >= 0.6 is 11.3 Å². The molecule has 6 nitrogen and oxygen atoms in total. The van der Waals surface area contributed by atoms with Gasteiger partial charge in [-0.2, -0.15) is 13.2 Å². The van der Waals surface area contributed by atoms with Gasteiger partial charge in [-0.25, -0.2) is 4.79 Å². The summed E-state index contributed by atoms with van der Waals surface area (Å²) in [6.45, 7) is 9.25. The van der Waals surface area contributed by atoms with Gasteiger partial charge in [0.1, 0.15) is 11.9 Å². The van der Waals surface area contributed by atoms with Crippen LogP contribution in [0, 0.1) is 19.8 Å². The summed E-state index contributed by atoms with van der Waals surface area (Å²) in [5.41, 5.74) is 2.56. The summed E-state index contributed by atoms with van der Waals surface area (Å²) >= 11 is 1.25. The highest BCUT2D eigenvalue weighted by molar-refractivity contribution is 7.14. The number of alkyl halides is 3. The second-order valence-corrected chi connectivity index (χ2v) is 10.6. The summed E-state index contributed by atoms with van der Waals surface area (Å²) in [5, 5.41) is 12.3. The average Bonchev–Trinajstić information content (AvgIpc) is 3.35. The molecule has 1 heterocycles. The predicted molar refractivity (Wildman–Crippen MR) is 144 cm³/mol. The van der Waals surface area contributed by atoms with Crippen molar-refractivity contribution in [3.8, 4) is 16.9 Å². The first-order valence-corrected chi connectivity index (χ1v) is 13.3. The van der Waals surface area contributed by atoms with E-state index in [-0.39, 0.29) is 25.2 Å². The van der Waals surface area contributed by atoms with Gasteiger partial charge in [-0.15, -0.1) is 11.3 Å².